The second kappa shape index (κ2) is 14.2. The minimum absolute atomic E-state index is 0.114. The summed E-state index contributed by atoms with van der Waals surface area (Å²) in [5, 5.41) is 2.96. The van der Waals surface area contributed by atoms with Gasteiger partial charge in [0.25, 0.3) is 0 Å². The van der Waals surface area contributed by atoms with Crippen molar-refractivity contribution in [3.63, 3.8) is 0 Å². The molecular weight excluding hydrogens is 554 g/mol. The Hall–Kier alpha value is -4.05. The number of nitrogens with one attached hydrogen (secondary N) is 1. The van der Waals surface area contributed by atoms with Crippen LogP contribution in [0.25, 0.3) is 0 Å². The van der Waals surface area contributed by atoms with Crippen molar-refractivity contribution in [2.75, 3.05) is 24.2 Å². The van der Waals surface area contributed by atoms with E-state index in [0.717, 1.165) is 21.7 Å². The first-order chi connectivity index (χ1) is 19.8. The predicted molar refractivity (Wildman–Crippen MR) is 165 cm³/mol. The highest BCUT2D eigenvalue weighted by Crippen LogP contribution is 2.24. The summed E-state index contributed by atoms with van der Waals surface area (Å²) in [5.74, 6) is 0.413. The summed E-state index contributed by atoms with van der Waals surface area (Å²) >= 11 is 0. The molecule has 0 aromatic heterocycles. The highest BCUT2D eigenvalue weighted by Gasteiger charge is 2.33. The maximum Gasteiger partial charge on any atom is 0.244 e. The van der Waals surface area contributed by atoms with E-state index in [1.165, 1.54) is 4.90 Å². The van der Waals surface area contributed by atoms with Crippen molar-refractivity contribution in [1.82, 2.24) is 10.2 Å². The van der Waals surface area contributed by atoms with Gasteiger partial charge in [0.2, 0.25) is 21.8 Å². The number of carbonyl (C=O) groups excluding carboxylic acids is 2. The van der Waals surface area contributed by atoms with Crippen molar-refractivity contribution in [3.8, 4) is 11.5 Å². The molecule has 3 rings (SSSR count). The highest BCUT2D eigenvalue weighted by molar-refractivity contribution is 7.92. The first-order valence-electron chi connectivity index (χ1n) is 13.8. The first-order valence-corrected chi connectivity index (χ1v) is 15.6. The average molecular weight is 596 g/mol. The van der Waals surface area contributed by atoms with Gasteiger partial charge in [0.1, 0.15) is 30.7 Å². The van der Waals surface area contributed by atoms with Crippen LogP contribution < -0.4 is 19.1 Å². The molecule has 0 aliphatic heterocycles. The molecule has 0 fully saturated rings. The molecule has 42 heavy (non-hydrogen) atoms. The Bertz CT molecular complexity index is 1420. The Labute approximate surface area is 249 Å². The lowest BCUT2D eigenvalue weighted by molar-refractivity contribution is -0.141. The van der Waals surface area contributed by atoms with Gasteiger partial charge in [-0.05, 0) is 74.7 Å². The van der Waals surface area contributed by atoms with Crippen molar-refractivity contribution in [2.24, 2.45) is 0 Å². The number of rotatable bonds is 13. The fourth-order valence-corrected chi connectivity index (χ4v) is 5.21. The molecule has 0 heterocycles. The van der Waals surface area contributed by atoms with Crippen LogP contribution in [-0.2, 0) is 32.8 Å². The number of sulfonamides is 1. The molecule has 3 aromatic rings. The molecule has 0 radical (unpaired) electrons. The molecule has 3 aromatic carbocycles. The van der Waals surface area contributed by atoms with Crippen molar-refractivity contribution in [3.05, 3.63) is 90.0 Å². The Morgan fingerprint density at radius 3 is 2.00 bits per heavy atom. The molecule has 0 saturated carbocycles. The average Bonchev–Trinajstić information content (AvgIpc) is 2.94. The van der Waals surface area contributed by atoms with Crippen LogP contribution in [0.5, 0.6) is 11.5 Å². The SMILES string of the molecule is CC[C@H](C(=O)NC(C)(C)C)N(Cc1ccc(OC)cc1)C(=O)CN(c1ccc(OCc2ccccc2)cc1)S(C)(=O)=O. The quantitative estimate of drug-likeness (QED) is 0.306. The number of ether oxygens (including phenoxy) is 2. The van der Waals surface area contributed by atoms with Crippen molar-refractivity contribution in [1.29, 1.82) is 0 Å². The molecule has 0 unspecified atom stereocenters. The summed E-state index contributed by atoms with van der Waals surface area (Å²) in [6.45, 7) is 7.43. The number of hydrogen-bond donors (Lipinski definition) is 1. The van der Waals surface area contributed by atoms with Crippen LogP contribution in [0.3, 0.4) is 0 Å². The van der Waals surface area contributed by atoms with Gasteiger partial charge in [-0.3, -0.25) is 13.9 Å². The number of amides is 2. The van der Waals surface area contributed by atoms with E-state index >= 15 is 0 Å². The molecule has 1 atom stereocenters. The molecule has 0 aliphatic carbocycles. The fraction of sp³-hybridized carbons (Fsp3) is 0.375. The van der Waals surface area contributed by atoms with Crippen molar-refractivity contribution in [2.45, 2.75) is 58.8 Å². The van der Waals surface area contributed by atoms with E-state index in [2.05, 4.69) is 5.32 Å². The second-order valence-electron chi connectivity index (χ2n) is 11.1. The van der Waals surface area contributed by atoms with Gasteiger partial charge in [0, 0.05) is 12.1 Å². The number of nitrogens with zero attached hydrogens (tertiary/aromatic N) is 2. The van der Waals surface area contributed by atoms with Crippen LogP contribution in [0, 0.1) is 0 Å². The third kappa shape index (κ3) is 9.51. The summed E-state index contributed by atoms with van der Waals surface area (Å²) in [7, 11) is -2.28. The minimum atomic E-state index is -3.85. The van der Waals surface area contributed by atoms with Crippen LogP contribution in [0.2, 0.25) is 0 Å². The topological polar surface area (TPSA) is 105 Å². The van der Waals surface area contributed by atoms with Crippen LogP contribution >= 0.6 is 0 Å². The van der Waals surface area contributed by atoms with E-state index in [-0.39, 0.29) is 12.5 Å². The largest absolute Gasteiger partial charge is 0.497 e. The molecule has 9 nitrogen and oxygen atoms in total. The molecule has 1 N–H and O–H groups in total. The molecular formula is C32H41N3O6S. The number of benzene rings is 3. The smallest absolute Gasteiger partial charge is 0.244 e. The maximum absolute atomic E-state index is 13.9. The zero-order valence-electron chi connectivity index (χ0n) is 25.2. The van der Waals surface area contributed by atoms with Gasteiger partial charge in [0.05, 0.1) is 19.1 Å². The lowest BCUT2D eigenvalue weighted by Gasteiger charge is -2.34. The molecule has 0 aliphatic rings. The highest BCUT2D eigenvalue weighted by atomic mass is 32.2. The van der Waals surface area contributed by atoms with Crippen LogP contribution in [0.4, 0.5) is 5.69 Å². The van der Waals surface area contributed by atoms with Gasteiger partial charge in [-0.15, -0.1) is 0 Å². The van der Waals surface area contributed by atoms with Crippen LogP contribution in [0.15, 0.2) is 78.9 Å². The van der Waals surface area contributed by atoms with E-state index in [4.69, 9.17) is 9.47 Å². The van der Waals surface area contributed by atoms with Gasteiger partial charge in [-0.1, -0.05) is 49.4 Å². The van der Waals surface area contributed by atoms with E-state index < -0.39 is 34.1 Å². The lowest BCUT2D eigenvalue weighted by Crippen LogP contribution is -2.55. The number of anilines is 1. The van der Waals surface area contributed by atoms with Crippen LogP contribution in [-0.4, -0.2) is 56.6 Å². The molecule has 0 saturated heterocycles. The van der Waals surface area contributed by atoms with E-state index in [1.54, 1.807) is 43.5 Å². The lowest BCUT2D eigenvalue weighted by atomic mass is 10.1. The molecule has 226 valence electrons. The fourth-order valence-electron chi connectivity index (χ4n) is 4.36. The van der Waals surface area contributed by atoms with Crippen molar-refractivity contribution < 1.29 is 27.5 Å². The van der Waals surface area contributed by atoms with Gasteiger partial charge in [0.15, 0.2) is 0 Å². The van der Waals surface area contributed by atoms with E-state index in [1.807, 2.05) is 70.2 Å². The number of carbonyl (C=O) groups is 2. The maximum atomic E-state index is 13.9. The summed E-state index contributed by atoms with van der Waals surface area (Å²) in [6, 6.07) is 22.6. The normalized spacial score (nSPS) is 12.2. The Morgan fingerprint density at radius 1 is 0.881 bits per heavy atom. The zero-order chi connectivity index (χ0) is 30.9. The number of hydrogen-bond acceptors (Lipinski definition) is 6. The molecule has 10 heteroatoms. The monoisotopic (exact) mass is 595 g/mol. The molecule has 0 bridgehead atoms. The van der Waals surface area contributed by atoms with Crippen LogP contribution in [0.1, 0.15) is 45.2 Å². The summed E-state index contributed by atoms with van der Waals surface area (Å²) < 4.78 is 37.9. The van der Waals surface area contributed by atoms with Crippen molar-refractivity contribution >= 4 is 27.5 Å². The molecule has 2 amide bonds. The first kappa shape index (κ1) is 32.5. The second-order valence-corrected chi connectivity index (χ2v) is 13.0. The van der Waals surface area contributed by atoms with Gasteiger partial charge >= 0.3 is 0 Å². The van der Waals surface area contributed by atoms with E-state index in [0.29, 0.717) is 30.2 Å². The van der Waals surface area contributed by atoms with Gasteiger partial charge in [-0.25, -0.2) is 8.42 Å². The van der Waals surface area contributed by atoms with Gasteiger partial charge < -0.3 is 19.7 Å². The third-order valence-electron chi connectivity index (χ3n) is 6.45. The zero-order valence-corrected chi connectivity index (χ0v) is 26.0. The predicted octanol–water partition coefficient (Wildman–Crippen LogP) is 4.76. The summed E-state index contributed by atoms with van der Waals surface area (Å²) in [6.07, 6.45) is 1.40. The Balaban J connectivity index is 1.87. The molecule has 0 spiro atoms. The Morgan fingerprint density at radius 2 is 1.48 bits per heavy atom. The summed E-state index contributed by atoms with van der Waals surface area (Å²) in [4.78, 5) is 28.6. The van der Waals surface area contributed by atoms with E-state index in [9.17, 15) is 18.0 Å². The minimum Gasteiger partial charge on any atom is -0.497 e. The number of methoxy groups -OCH3 is 1. The summed E-state index contributed by atoms with van der Waals surface area (Å²) in [5.41, 5.74) is 1.58. The third-order valence-corrected chi connectivity index (χ3v) is 7.59. The Kier molecular flexibility index (Phi) is 11.0. The van der Waals surface area contributed by atoms with Gasteiger partial charge in [-0.2, -0.15) is 0 Å². The standard InChI is InChI=1S/C32H41N3O6S/c1-7-29(31(37)33-32(2,3)4)34(21-24-13-17-27(40-5)18-14-24)30(36)22-35(42(6,38)39)26-15-19-28(20-16-26)41-23-25-11-9-8-10-12-25/h8-20,29H,7,21-23H2,1-6H3,(H,33,37)/t29-/m1/s1.